The van der Waals surface area contributed by atoms with Crippen molar-refractivity contribution >= 4 is 46.3 Å². The zero-order valence-corrected chi connectivity index (χ0v) is 14.0. The van der Waals surface area contributed by atoms with Crippen molar-refractivity contribution in [1.82, 2.24) is 4.90 Å². The van der Waals surface area contributed by atoms with Crippen molar-refractivity contribution in [2.24, 2.45) is 0 Å². The van der Waals surface area contributed by atoms with E-state index >= 15 is 0 Å². The molecule has 1 saturated heterocycles. The molecule has 0 spiro atoms. The number of carboxylic acid groups (broad SMARTS) is 1. The maximum atomic E-state index is 12.2. The Morgan fingerprint density at radius 3 is 2.50 bits per heavy atom. The van der Waals surface area contributed by atoms with Gasteiger partial charge in [-0.1, -0.05) is 24.0 Å². The highest BCUT2D eigenvalue weighted by molar-refractivity contribution is 8.26. The molecule has 7 heteroatoms. The van der Waals surface area contributed by atoms with Crippen LogP contribution in [0.4, 0.5) is 0 Å². The number of carbonyl (C=O) groups is 2. The van der Waals surface area contributed by atoms with E-state index in [2.05, 4.69) is 0 Å². The highest BCUT2D eigenvalue weighted by Crippen LogP contribution is 2.33. The number of hydrogen-bond acceptors (Lipinski definition) is 5. The number of aryl methyl sites for hydroxylation is 2. The maximum absolute atomic E-state index is 12.2. The average Bonchev–Trinajstić information content (AvgIpc) is 2.66. The highest BCUT2D eigenvalue weighted by Gasteiger charge is 2.33. The van der Waals surface area contributed by atoms with E-state index in [-0.39, 0.29) is 10.2 Å². The van der Waals surface area contributed by atoms with Crippen LogP contribution < -0.4 is 4.74 Å². The van der Waals surface area contributed by atoms with Crippen molar-refractivity contribution in [3.05, 3.63) is 33.7 Å². The number of ether oxygens (including phenoxy) is 1. The lowest BCUT2D eigenvalue weighted by Gasteiger charge is -2.10. The summed E-state index contributed by atoms with van der Waals surface area (Å²) in [6, 6.07) is 3.82. The smallest absolute Gasteiger partial charge is 0.323 e. The molecule has 1 aromatic carbocycles. The number of thioether (sulfide) groups is 1. The van der Waals surface area contributed by atoms with Gasteiger partial charge in [0, 0.05) is 0 Å². The molecule has 1 aromatic rings. The lowest BCUT2D eigenvalue weighted by Crippen LogP contribution is -2.33. The first kappa shape index (κ1) is 16.5. The minimum Gasteiger partial charge on any atom is -0.496 e. The van der Waals surface area contributed by atoms with E-state index < -0.39 is 12.5 Å². The van der Waals surface area contributed by atoms with Crippen LogP contribution in [0.25, 0.3) is 6.08 Å². The quantitative estimate of drug-likeness (QED) is 0.673. The molecule has 1 heterocycles. The lowest BCUT2D eigenvalue weighted by molar-refractivity contribution is -0.140. The Kier molecular flexibility index (Phi) is 4.87. The van der Waals surface area contributed by atoms with Gasteiger partial charge in [-0.05, 0) is 48.7 Å². The summed E-state index contributed by atoms with van der Waals surface area (Å²) in [7, 11) is 1.62. The number of hydrogen-bond donors (Lipinski definition) is 1. The van der Waals surface area contributed by atoms with Crippen LogP contribution >= 0.6 is 24.0 Å². The van der Waals surface area contributed by atoms with Crippen LogP contribution in [0.5, 0.6) is 5.75 Å². The van der Waals surface area contributed by atoms with Crippen molar-refractivity contribution < 1.29 is 19.4 Å². The fourth-order valence-corrected chi connectivity index (χ4v) is 3.57. The number of methoxy groups -OCH3 is 1. The van der Waals surface area contributed by atoms with Gasteiger partial charge >= 0.3 is 5.97 Å². The summed E-state index contributed by atoms with van der Waals surface area (Å²) in [5.74, 6) is -0.646. The van der Waals surface area contributed by atoms with Gasteiger partial charge < -0.3 is 9.84 Å². The molecule has 116 valence electrons. The first-order chi connectivity index (χ1) is 10.3. The number of amides is 1. The van der Waals surface area contributed by atoms with Gasteiger partial charge in [0.1, 0.15) is 16.6 Å². The molecule has 1 aliphatic heterocycles. The number of rotatable bonds is 4. The van der Waals surface area contributed by atoms with E-state index in [1.807, 2.05) is 26.0 Å². The van der Waals surface area contributed by atoms with E-state index in [4.69, 9.17) is 22.1 Å². The molecule has 2 rings (SSSR count). The van der Waals surface area contributed by atoms with Crippen molar-refractivity contribution in [3.63, 3.8) is 0 Å². The second kappa shape index (κ2) is 6.50. The lowest BCUT2D eigenvalue weighted by atomic mass is 10.1. The molecule has 22 heavy (non-hydrogen) atoms. The highest BCUT2D eigenvalue weighted by atomic mass is 32.2. The van der Waals surface area contributed by atoms with Crippen molar-refractivity contribution in [2.75, 3.05) is 13.7 Å². The van der Waals surface area contributed by atoms with Gasteiger partial charge in [0.15, 0.2) is 0 Å². The predicted molar refractivity (Wildman–Crippen MR) is 90.0 cm³/mol. The molecule has 1 N–H and O–H groups in total. The molecule has 0 unspecified atom stereocenters. The molecule has 0 atom stereocenters. The number of thiocarbonyl (C=S) groups is 1. The largest absolute Gasteiger partial charge is 0.496 e. The Balaban J connectivity index is 2.33. The Morgan fingerprint density at radius 2 is 2.00 bits per heavy atom. The van der Waals surface area contributed by atoms with Gasteiger partial charge in [0.05, 0.1) is 12.0 Å². The summed E-state index contributed by atoms with van der Waals surface area (Å²) in [5.41, 5.74) is 2.79. The first-order valence-electron chi connectivity index (χ1n) is 6.46. The van der Waals surface area contributed by atoms with Crippen molar-refractivity contribution in [3.8, 4) is 5.75 Å². The maximum Gasteiger partial charge on any atom is 0.323 e. The van der Waals surface area contributed by atoms with Crippen molar-refractivity contribution in [2.45, 2.75) is 13.8 Å². The summed E-state index contributed by atoms with van der Waals surface area (Å²) < 4.78 is 5.58. The fraction of sp³-hybridized carbons (Fsp3) is 0.267. The average molecular weight is 337 g/mol. The van der Waals surface area contributed by atoms with Gasteiger partial charge in [0.25, 0.3) is 5.91 Å². The van der Waals surface area contributed by atoms with E-state index in [0.717, 1.165) is 39.1 Å². The Bertz CT molecular complexity index is 674. The van der Waals surface area contributed by atoms with Crippen molar-refractivity contribution in [1.29, 1.82) is 0 Å². The number of carboxylic acids is 1. The Hall–Kier alpha value is -1.86. The van der Waals surface area contributed by atoms with Gasteiger partial charge in [-0.2, -0.15) is 0 Å². The predicted octanol–water partition coefficient (Wildman–Crippen LogP) is 2.60. The van der Waals surface area contributed by atoms with E-state index in [0.29, 0.717) is 4.91 Å². The summed E-state index contributed by atoms with van der Waals surface area (Å²) in [6.45, 7) is 3.44. The molecule has 0 aromatic heterocycles. The number of benzene rings is 1. The second-order valence-corrected chi connectivity index (χ2v) is 6.53. The summed E-state index contributed by atoms with van der Waals surface area (Å²) in [4.78, 5) is 24.5. The van der Waals surface area contributed by atoms with Crippen LogP contribution in [-0.4, -0.2) is 39.9 Å². The van der Waals surface area contributed by atoms with E-state index in [9.17, 15) is 9.59 Å². The van der Waals surface area contributed by atoms with Crippen LogP contribution in [0, 0.1) is 13.8 Å². The standard InChI is InChI=1S/C15H15NO4S2/c1-8-4-10(5-9(2)13(8)20-3)6-11-14(19)16(7-12(17)18)15(21)22-11/h4-6H,7H2,1-3H3,(H,17,18). The second-order valence-electron chi connectivity index (χ2n) is 4.85. The van der Waals surface area contributed by atoms with Crippen LogP contribution in [0.3, 0.4) is 0 Å². The summed E-state index contributed by atoms with van der Waals surface area (Å²) >= 11 is 6.18. The summed E-state index contributed by atoms with van der Waals surface area (Å²) in [5, 5.41) is 8.82. The van der Waals surface area contributed by atoms with Gasteiger partial charge in [-0.15, -0.1) is 0 Å². The molecular weight excluding hydrogens is 322 g/mol. The third kappa shape index (κ3) is 3.31. The zero-order valence-electron chi connectivity index (χ0n) is 12.4. The first-order valence-corrected chi connectivity index (χ1v) is 7.68. The van der Waals surface area contributed by atoms with Crippen LogP contribution in [0.1, 0.15) is 16.7 Å². The van der Waals surface area contributed by atoms with E-state index in [1.165, 1.54) is 0 Å². The SMILES string of the molecule is COc1c(C)cc(C=C2SC(=S)N(CC(=O)O)C2=O)cc1C. The Labute approximate surface area is 137 Å². The van der Waals surface area contributed by atoms with Gasteiger partial charge in [-0.25, -0.2) is 0 Å². The topological polar surface area (TPSA) is 66.8 Å². The molecule has 5 nitrogen and oxygen atoms in total. The third-order valence-electron chi connectivity index (χ3n) is 3.15. The molecule has 0 aliphatic carbocycles. The normalized spacial score (nSPS) is 16.5. The van der Waals surface area contributed by atoms with Gasteiger partial charge in [-0.3, -0.25) is 14.5 Å². The minimum absolute atomic E-state index is 0.264. The molecule has 0 saturated carbocycles. The van der Waals surface area contributed by atoms with Crippen LogP contribution in [0.15, 0.2) is 17.0 Å². The van der Waals surface area contributed by atoms with Gasteiger partial charge in [0.2, 0.25) is 0 Å². The minimum atomic E-state index is -1.09. The number of aliphatic carboxylic acids is 1. The molecule has 0 radical (unpaired) electrons. The monoisotopic (exact) mass is 337 g/mol. The molecule has 1 amide bonds. The van der Waals surface area contributed by atoms with E-state index in [1.54, 1.807) is 13.2 Å². The molecule has 1 aliphatic rings. The molecule has 0 bridgehead atoms. The fourth-order valence-electron chi connectivity index (χ4n) is 2.31. The Morgan fingerprint density at radius 1 is 1.41 bits per heavy atom. The molecule has 1 fully saturated rings. The van der Waals surface area contributed by atoms with Crippen LogP contribution in [0.2, 0.25) is 0 Å². The zero-order chi connectivity index (χ0) is 16.4. The number of nitrogens with zero attached hydrogens (tertiary/aromatic N) is 1. The third-order valence-corrected chi connectivity index (χ3v) is 4.53. The number of carbonyl (C=O) groups excluding carboxylic acids is 1. The summed E-state index contributed by atoms with van der Waals surface area (Å²) in [6.07, 6.45) is 1.72. The molecular formula is C15H15NO4S2. The van der Waals surface area contributed by atoms with Crippen LogP contribution in [-0.2, 0) is 9.59 Å².